The smallest absolute Gasteiger partial charge is 0.252 e. The molecule has 1 amide bonds. The molecule has 2 atom stereocenters. The third kappa shape index (κ3) is 3.28. The molecule has 0 aliphatic carbocycles. The van der Waals surface area contributed by atoms with Crippen LogP contribution in [0.3, 0.4) is 0 Å². The summed E-state index contributed by atoms with van der Waals surface area (Å²) in [4.78, 5) is 21.7. The molecule has 0 saturated heterocycles. The van der Waals surface area contributed by atoms with Crippen molar-refractivity contribution in [3.63, 3.8) is 0 Å². The van der Waals surface area contributed by atoms with Gasteiger partial charge in [-0.3, -0.25) is 4.79 Å². The van der Waals surface area contributed by atoms with Gasteiger partial charge >= 0.3 is 0 Å². The number of allylic oxidation sites excluding steroid dienone is 2. The number of nitrogens with zero attached hydrogens (tertiary/aromatic N) is 3. The Hall–Kier alpha value is -2.07. The number of likely N-dealkylation sites (N-methyl/N-ethyl adjacent to an activating group) is 1. The summed E-state index contributed by atoms with van der Waals surface area (Å²) in [5.74, 6) is 0.205. The molecule has 0 saturated carbocycles. The lowest BCUT2D eigenvalue weighted by Gasteiger charge is -2.34. The van der Waals surface area contributed by atoms with Gasteiger partial charge < -0.3 is 9.80 Å². The van der Waals surface area contributed by atoms with E-state index < -0.39 is 0 Å². The van der Waals surface area contributed by atoms with Crippen molar-refractivity contribution in [2.45, 2.75) is 19.1 Å². The molecular weight excluding hydrogens is 385 g/mol. The zero-order chi connectivity index (χ0) is 19.3. The van der Waals surface area contributed by atoms with Crippen LogP contribution in [0, 0.1) is 6.92 Å². The number of aryl methyl sites for hydroxylation is 1. The lowest BCUT2D eigenvalue weighted by atomic mass is 9.98. The van der Waals surface area contributed by atoms with E-state index in [1.807, 2.05) is 17.9 Å². The molecule has 3 aliphatic rings. The normalized spacial score (nSPS) is 23.6. The second-order valence-corrected chi connectivity index (χ2v) is 10.1. The predicted molar refractivity (Wildman–Crippen MR) is 119 cm³/mol. The Morgan fingerprint density at radius 3 is 3.04 bits per heavy atom. The van der Waals surface area contributed by atoms with E-state index in [9.17, 15) is 4.79 Å². The van der Waals surface area contributed by atoms with E-state index in [4.69, 9.17) is 0 Å². The average Bonchev–Trinajstić information content (AvgIpc) is 3.07. The lowest BCUT2D eigenvalue weighted by molar-refractivity contribution is -0.123. The van der Waals surface area contributed by atoms with Crippen LogP contribution in [0.15, 0.2) is 59.8 Å². The Bertz CT molecular complexity index is 1090. The van der Waals surface area contributed by atoms with Gasteiger partial charge in [-0.25, -0.2) is 4.98 Å². The van der Waals surface area contributed by atoms with Crippen LogP contribution in [0.4, 0.5) is 0 Å². The molecule has 6 heteroatoms. The maximum Gasteiger partial charge on any atom is 0.252 e. The fourth-order valence-electron chi connectivity index (χ4n) is 3.87. The number of hydrogen-bond donors (Lipinski definition) is 0. The van der Waals surface area contributed by atoms with Gasteiger partial charge in [0.25, 0.3) is 5.91 Å². The standard InChI is InChI=1S/C22H22N3OPS/c1-14-23-18-5-3-16(11-20(18)28-14)19-12-21(26)25-13-17(4-6-22(25)27-19)15-7-9-24(2)10-8-15/h3-7,11-13,22,27H,8-10H2,1-2H3. The molecule has 0 fully saturated rings. The Morgan fingerprint density at radius 2 is 2.21 bits per heavy atom. The fraction of sp³-hybridized carbons (Fsp3) is 0.273. The van der Waals surface area contributed by atoms with Crippen LogP contribution in [0.2, 0.25) is 0 Å². The number of hydrogen-bond acceptors (Lipinski definition) is 4. The van der Waals surface area contributed by atoms with E-state index in [0.717, 1.165) is 40.9 Å². The minimum Gasteiger partial charge on any atom is -0.304 e. The number of amides is 1. The van der Waals surface area contributed by atoms with Gasteiger partial charge in [-0.1, -0.05) is 32.9 Å². The van der Waals surface area contributed by atoms with Crippen molar-refractivity contribution in [2.75, 3.05) is 20.1 Å². The zero-order valence-electron chi connectivity index (χ0n) is 16.0. The van der Waals surface area contributed by atoms with Gasteiger partial charge in [0.05, 0.1) is 21.0 Å². The minimum atomic E-state index is 0.0784. The quantitative estimate of drug-likeness (QED) is 0.688. The van der Waals surface area contributed by atoms with E-state index in [1.54, 1.807) is 11.3 Å². The van der Waals surface area contributed by atoms with E-state index >= 15 is 0 Å². The molecule has 142 valence electrons. The van der Waals surface area contributed by atoms with E-state index in [1.165, 1.54) is 15.8 Å². The van der Waals surface area contributed by atoms with Crippen molar-refractivity contribution in [1.29, 1.82) is 0 Å². The van der Waals surface area contributed by atoms with Crippen molar-refractivity contribution < 1.29 is 4.79 Å². The molecule has 2 aromatic rings. The Morgan fingerprint density at radius 1 is 1.32 bits per heavy atom. The number of fused-ring (bicyclic) bond motifs is 2. The van der Waals surface area contributed by atoms with Crippen LogP contribution in [0.25, 0.3) is 15.5 Å². The van der Waals surface area contributed by atoms with Crippen LogP contribution in [-0.4, -0.2) is 46.6 Å². The molecular formula is C22H22N3OPS. The third-order valence-corrected chi connectivity index (χ3v) is 7.90. The van der Waals surface area contributed by atoms with E-state index in [0.29, 0.717) is 8.58 Å². The molecule has 28 heavy (non-hydrogen) atoms. The van der Waals surface area contributed by atoms with Crippen molar-refractivity contribution in [1.82, 2.24) is 14.8 Å². The highest BCUT2D eigenvalue weighted by Gasteiger charge is 2.29. The molecule has 0 N–H and O–H groups in total. The summed E-state index contributed by atoms with van der Waals surface area (Å²) in [7, 11) is 2.69. The Labute approximate surface area is 170 Å². The largest absolute Gasteiger partial charge is 0.304 e. The molecule has 0 bridgehead atoms. The number of benzene rings is 1. The van der Waals surface area contributed by atoms with Crippen molar-refractivity contribution in [3.05, 3.63) is 70.4 Å². The van der Waals surface area contributed by atoms with Gasteiger partial charge in [-0.15, -0.1) is 11.3 Å². The van der Waals surface area contributed by atoms with Crippen LogP contribution >= 0.6 is 19.9 Å². The van der Waals surface area contributed by atoms with Gasteiger partial charge in [-0.05, 0) is 54.5 Å². The molecule has 2 unspecified atom stereocenters. The Kier molecular flexibility index (Phi) is 4.54. The molecule has 1 aromatic heterocycles. The molecule has 3 aliphatic heterocycles. The molecule has 0 spiro atoms. The maximum absolute atomic E-state index is 12.9. The summed E-state index contributed by atoms with van der Waals surface area (Å²) < 4.78 is 1.19. The van der Waals surface area contributed by atoms with E-state index in [-0.39, 0.29) is 11.7 Å². The zero-order valence-corrected chi connectivity index (χ0v) is 17.8. The Balaban J connectivity index is 1.43. The number of rotatable bonds is 2. The summed E-state index contributed by atoms with van der Waals surface area (Å²) in [6.07, 6.45) is 11.6. The van der Waals surface area contributed by atoms with Crippen LogP contribution in [0.5, 0.6) is 0 Å². The number of aromatic nitrogens is 1. The predicted octanol–water partition coefficient (Wildman–Crippen LogP) is 4.51. The average molecular weight is 407 g/mol. The van der Waals surface area contributed by atoms with Gasteiger partial charge in [0, 0.05) is 25.4 Å². The summed E-state index contributed by atoms with van der Waals surface area (Å²) in [5, 5.41) is 2.21. The summed E-state index contributed by atoms with van der Waals surface area (Å²) in [5.41, 5.74) is 4.71. The van der Waals surface area contributed by atoms with Gasteiger partial charge in [0.15, 0.2) is 0 Å². The highest BCUT2D eigenvalue weighted by atomic mass is 32.1. The van der Waals surface area contributed by atoms with Crippen LogP contribution in [-0.2, 0) is 4.79 Å². The molecule has 5 rings (SSSR count). The number of carbonyl (C=O) groups is 1. The first-order valence-electron chi connectivity index (χ1n) is 9.53. The fourth-order valence-corrected chi connectivity index (χ4v) is 6.12. The van der Waals surface area contributed by atoms with Crippen LogP contribution in [0.1, 0.15) is 17.0 Å². The third-order valence-electron chi connectivity index (χ3n) is 5.45. The summed E-state index contributed by atoms with van der Waals surface area (Å²) in [6.45, 7) is 4.08. The summed E-state index contributed by atoms with van der Waals surface area (Å²) in [6, 6.07) is 6.34. The number of carbonyl (C=O) groups excluding carboxylic acids is 1. The van der Waals surface area contributed by atoms with Crippen molar-refractivity contribution >= 4 is 41.4 Å². The summed E-state index contributed by atoms with van der Waals surface area (Å²) >= 11 is 1.71. The van der Waals surface area contributed by atoms with Crippen molar-refractivity contribution in [3.8, 4) is 0 Å². The van der Waals surface area contributed by atoms with Gasteiger partial charge in [0.2, 0.25) is 0 Å². The first kappa shape index (κ1) is 18.0. The van der Waals surface area contributed by atoms with Gasteiger partial charge in [0.1, 0.15) is 0 Å². The first-order valence-corrected chi connectivity index (χ1v) is 11.4. The maximum atomic E-state index is 12.9. The molecule has 4 nitrogen and oxygen atoms in total. The lowest BCUT2D eigenvalue weighted by Crippen LogP contribution is -2.35. The molecule has 4 heterocycles. The van der Waals surface area contributed by atoms with E-state index in [2.05, 4.69) is 59.6 Å². The first-order chi connectivity index (χ1) is 13.6. The minimum absolute atomic E-state index is 0.0784. The highest BCUT2D eigenvalue weighted by Crippen LogP contribution is 2.45. The molecule has 0 radical (unpaired) electrons. The van der Waals surface area contributed by atoms with Crippen molar-refractivity contribution in [2.24, 2.45) is 0 Å². The monoisotopic (exact) mass is 407 g/mol. The number of thiazole rings is 1. The SMILES string of the molecule is Cc1nc2ccc(C3=CC(=O)N4C=C(C5=CCN(C)CC5)C=CC4P3)cc2s1. The molecule has 1 aromatic carbocycles. The van der Waals surface area contributed by atoms with Gasteiger partial charge in [-0.2, -0.15) is 0 Å². The second-order valence-electron chi connectivity index (χ2n) is 7.49. The highest BCUT2D eigenvalue weighted by molar-refractivity contribution is 7.51. The van der Waals surface area contributed by atoms with Crippen LogP contribution < -0.4 is 0 Å². The topological polar surface area (TPSA) is 36.4 Å². The second kappa shape index (κ2) is 7.07.